The molecule has 2 heterocycles. The standard InChI is InChI=1S/C27H35N3O6/c1-18(20-6-3-2-4-7-20)35-27(34)36-30(24(13-15-31)26(32)33)23-16-19(17-23)9-11-22-12-10-21-8-5-14-28-25(21)29-22/h2-4,6-7,10,12,18-19,23-24,31H,5,8-9,11,13-17H2,1H3,(H,28,29)(H,32,33)/t18?,19?,23?,24-/m0/s1. The fourth-order valence-electron chi connectivity index (χ4n) is 4.92. The van der Waals surface area contributed by atoms with Crippen molar-refractivity contribution in [3.8, 4) is 0 Å². The Hall–Kier alpha value is -3.17. The molecule has 1 fully saturated rings. The second-order valence-electron chi connectivity index (χ2n) is 9.61. The number of aliphatic hydroxyl groups is 1. The summed E-state index contributed by atoms with van der Waals surface area (Å²) < 4.78 is 5.40. The number of carboxylic acids is 1. The summed E-state index contributed by atoms with van der Waals surface area (Å²) in [7, 11) is 0. The minimum absolute atomic E-state index is 0.0515. The summed E-state index contributed by atoms with van der Waals surface area (Å²) in [6, 6.07) is 12.1. The molecule has 3 N–H and O–H groups in total. The lowest BCUT2D eigenvalue weighted by Crippen LogP contribution is -2.53. The molecular weight excluding hydrogens is 462 g/mol. The van der Waals surface area contributed by atoms with Crippen molar-refractivity contribution in [1.29, 1.82) is 0 Å². The Kier molecular flexibility index (Phi) is 8.77. The van der Waals surface area contributed by atoms with Crippen LogP contribution in [-0.4, -0.2) is 57.6 Å². The highest BCUT2D eigenvalue weighted by Gasteiger charge is 2.42. The Labute approximate surface area is 211 Å². The number of anilines is 1. The number of carbonyl (C=O) groups excluding carboxylic acids is 1. The van der Waals surface area contributed by atoms with Gasteiger partial charge in [-0.3, -0.25) is 4.79 Å². The lowest BCUT2D eigenvalue weighted by atomic mass is 9.76. The van der Waals surface area contributed by atoms with Gasteiger partial charge in [-0.2, -0.15) is 0 Å². The van der Waals surface area contributed by atoms with Crippen LogP contribution in [0.15, 0.2) is 42.5 Å². The lowest BCUT2D eigenvalue weighted by molar-refractivity contribution is -0.215. The van der Waals surface area contributed by atoms with E-state index in [1.165, 1.54) is 10.6 Å². The fraction of sp³-hybridized carbons (Fsp3) is 0.519. The zero-order valence-corrected chi connectivity index (χ0v) is 20.6. The summed E-state index contributed by atoms with van der Waals surface area (Å²) in [6.45, 7) is 2.35. The van der Waals surface area contributed by atoms with Crippen LogP contribution in [0.2, 0.25) is 0 Å². The van der Waals surface area contributed by atoms with Crippen molar-refractivity contribution in [3.63, 3.8) is 0 Å². The molecule has 1 saturated carbocycles. The molecule has 2 atom stereocenters. The van der Waals surface area contributed by atoms with E-state index in [2.05, 4.69) is 17.4 Å². The number of hydrogen-bond donors (Lipinski definition) is 3. The molecule has 1 aromatic carbocycles. The highest BCUT2D eigenvalue weighted by molar-refractivity contribution is 5.73. The van der Waals surface area contributed by atoms with Crippen LogP contribution in [0, 0.1) is 5.92 Å². The third-order valence-corrected chi connectivity index (χ3v) is 7.05. The van der Waals surface area contributed by atoms with Gasteiger partial charge in [-0.15, -0.1) is 5.06 Å². The second-order valence-corrected chi connectivity index (χ2v) is 9.61. The topological polar surface area (TPSA) is 121 Å². The van der Waals surface area contributed by atoms with Crippen LogP contribution in [0.3, 0.4) is 0 Å². The highest BCUT2D eigenvalue weighted by atomic mass is 16.8. The smallest absolute Gasteiger partial charge is 0.480 e. The molecule has 1 aliphatic carbocycles. The highest BCUT2D eigenvalue weighted by Crippen LogP contribution is 2.37. The van der Waals surface area contributed by atoms with Crippen LogP contribution in [-0.2, 0) is 27.2 Å². The second kappa shape index (κ2) is 12.2. The summed E-state index contributed by atoms with van der Waals surface area (Å²) in [5, 5.41) is 23.7. The number of carboxylic acid groups (broad SMARTS) is 1. The number of benzene rings is 1. The third kappa shape index (κ3) is 6.53. The molecule has 0 spiro atoms. The number of carbonyl (C=O) groups is 2. The van der Waals surface area contributed by atoms with Crippen molar-refractivity contribution >= 4 is 17.9 Å². The minimum atomic E-state index is -1.15. The quantitative estimate of drug-likeness (QED) is 0.311. The number of fused-ring (bicyclic) bond motifs is 1. The summed E-state index contributed by atoms with van der Waals surface area (Å²) in [5.74, 6) is 0.207. The van der Waals surface area contributed by atoms with E-state index in [0.717, 1.165) is 49.3 Å². The largest absolute Gasteiger partial charge is 0.528 e. The number of aryl methyl sites for hydroxylation is 2. The minimum Gasteiger partial charge on any atom is -0.480 e. The van der Waals surface area contributed by atoms with Crippen LogP contribution in [0.4, 0.5) is 10.6 Å². The number of pyridine rings is 1. The number of ether oxygens (including phenoxy) is 1. The predicted octanol–water partition coefficient (Wildman–Crippen LogP) is 4.12. The van der Waals surface area contributed by atoms with Crippen molar-refractivity contribution in [3.05, 3.63) is 59.3 Å². The lowest BCUT2D eigenvalue weighted by Gasteiger charge is -2.43. The molecule has 4 rings (SSSR count). The van der Waals surface area contributed by atoms with Gasteiger partial charge in [0.05, 0.1) is 0 Å². The van der Waals surface area contributed by atoms with Crippen LogP contribution < -0.4 is 5.32 Å². The van der Waals surface area contributed by atoms with Gasteiger partial charge in [-0.05, 0) is 75.0 Å². The first-order valence-corrected chi connectivity index (χ1v) is 12.7. The van der Waals surface area contributed by atoms with Crippen molar-refractivity contribution in [1.82, 2.24) is 10.0 Å². The summed E-state index contributed by atoms with van der Waals surface area (Å²) >= 11 is 0. The molecule has 0 saturated heterocycles. The van der Waals surface area contributed by atoms with Gasteiger partial charge in [0.15, 0.2) is 0 Å². The molecule has 1 aliphatic heterocycles. The normalized spacial score (nSPS) is 20.4. The molecule has 0 amide bonds. The van der Waals surface area contributed by atoms with Gasteiger partial charge < -0.3 is 25.1 Å². The van der Waals surface area contributed by atoms with Gasteiger partial charge in [0.25, 0.3) is 0 Å². The van der Waals surface area contributed by atoms with E-state index >= 15 is 0 Å². The van der Waals surface area contributed by atoms with Gasteiger partial charge in [0, 0.05) is 24.9 Å². The Morgan fingerprint density at radius 1 is 1.19 bits per heavy atom. The molecule has 1 unspecified atom stereocenters. The molecule has 0 radical (unpaired) electrons. The Balaban J connectivity index is 1.33. The zero-order chi connectivity index (χ0) is 25.5. The number of aromatic nitrogens is 1. The SMILES string of the molecule is CC(OC(=O)ON(C1CC(CCc2ccc3c(n2)NCCC3)C1)[C@@H](CCO)C(=O)O)c1ccccc1. The fourth-order valence-corrected chi connectivity index (χ4v) is 4.92. The number of nitrogens with one attached hydrogen (secondary N) is 1. The van der Waals surface area contributed by atoms with Crippen molar-refractivity contribution in [2.24, 2.45) is 5.92 Å². The van der Waals surface area contributed by atoms with Gasteiger partial charge in [-0.1, -0.05) is 36.4 Å². The van der Waals surface area contributed by atoms with Crippen LogP contribution in [0.1, 0.15) is 62.0 Å². The molecule has 9 heteroatoms. The van der Waals surface area contributed by atoms with Crippen LogP contribution in [0.25, 0.3) is 0 Å². The van der Waals surface area contributed by atoms with Crippen LogP contribution in [0.5, 0.6) is 0 Å². The molecule has 1 aromatic heterocycles. The van der Waals surface area contributed by atoms with E-state index in [0.29, 0.717) is 18.8 Å². The van der Waals surface area contributed by atoms with Gasteiger partial charge >= 0.3 is 12.1 Å². The third-order valence-electron chi connectivity index (χ3n) is 7.05. The summed E-state index contributed by atoms with van der Waals surface area (Å²) in [5.41, 5.74) is 3.11. The first kappa shape index (κ1) is 25.9. The Morgan fingerprint density at radius 2 is 1.97 bits per heavy atom. The van der Waals surface area contributed by atoms with Crippen LogP contribution >= 0.6 is 0 Å². The zero-order valence-electron chi connectivity index (χ0n) is 20.6. The summed E-state index contributed by atoms with van der Waals surface area (Å²) in [6.07, 6.45) is 3.78. The number of hydroxylamine groups is 2. The van der Waals surface area contributed by atoms with Gasteiger partial charge in [0.2, 0.25) is 0 Å². The molecule has 36 heavy (non-hydrogen) atoms. The van der Waals surface area contributed by atoms with Gasteiger partial charge in [0.1, 0.15) is 18.0 Å². The molecule has 0 bridgehead atoms. The number of aliphatic hydroxyl groups excluding tert-OH is 1. The maximum Gasteiger partial charge on any atom is 0.528 e. The van der Waals surface area contributed by atoms with E-state index < -0.39 is 24.3 Å². The molecule has 9 nitrogen and oxygen atoms in total. The first-order chi connectivity index (χ1) is 17.4. The number of nitrogens with zero attached hydrogens (tertiary/aromatic N) is 2. The van der Waals surface area contributed by atoms with E-state index in [9.17, 15) is 19.8 Å². The molecule has 2 aliphatic rings. The maximum atomic E-state index is 12.6. The molecule has 2 aromatic rings. The van der Waals surface area contributed by atoms with E-state index in [1.54, 1.807) is 6.92 Å². The summed E-state index contributed by atoms with van der Waals surface area (Å²) in [4.78, 5) is 34.7. The molecular formula is C27H35N3O6. The maximum absolute atomic E-state index is 12.6. The Morgan fingerprint density at radius 3 is 2.69 bits per heavy atom. The first-order valence-electron chi connectivity index (χ1n) is 12.7. The monoisotopic (exact) mass is 497 g/mol. The van der Waals surface area contributed by atoms with Crippen molar-refractivity contribution in [2.45, 2.75) is 70.1 Å². The molecule has 194 valence electrons. The van der Waals surface area contributed by atoms with Crippen molar-refractivity contribution < 1.29 is 29.4 Å². The number of aliphatic carboxylic acids is 1. The Bertz CT molecular complexity index is 1030. The average molecular weight is 498 g/mol. The van der Waals surface area contributed by atoms with E-state index in [-0.39, 0.29) is 19.1 Å². The number of hydrogen-bond acceptors (Lipinski definition) is 8. The van der Waals surface area contributed by atoms with E-state index in [1.807, 2.05) is 30.3 Å². The predicted molar refractivity (Wildman–Crippen MR) is 133 cm³/mol. The van der Waals surface area contributed by atoms with E-state index in [4.69, 9.17) is 14.6 Å². The van der Waals surface area contributed by atoms with Crippen molar-refractivity contribution in [2.75, 3.05) is 18.5 Å². The number of rotatable bonds is 11. The van der Waals surface area contributed by atoms with Gasteiger partial charge in [-0.25, -0.2) is 9.78 Å². The average Bonchev–Trinajstić information content (AvgIpc) is 2.86.